The van der Waals surface area contributed by atoms with E-state index < -0.39 is 39.6 Å². The first-order valence-corrected chi connectivity index (χ1v) is 13.0. The summed E-state index contributed by atoms with van der Waals surface area (Å²) in [4.78, 5) is 28.4. The van der Waals surface area contributed by atoms with Crippen LogP contribution in [0.25, 0.3) is 5.65 Å². The summed E-state index contributed by atoms with van der Waals surface area (Å²) >= 11 is 0. The first kappa shape index (κ1) is 25.4. The van der Waals surface area contributed by atoms with Crippen molar-refractivity contribution >= 4 is 27.5 Å². The van der Waals surface area contributed by atoms with Crippen LogP contribution in [-0.4, -0.2) is 40.0 Å². The van der Waals surface area contributed by atoms with Crippen LogP contribution in [0.5, 0.6) is 0 Å². The lowest BCUT2D eigenvalue weighted by Crippen LogP contribution is -2.30. The molecule has 196 valence electrons. The molecule has 0 radical (unpaired) electrons. The lowest BCUT2D eigenvalue weighted by molar-refractivity contribution is 0.0695. The second kappa shape index (κ2) is 9.58. The quantitative estimate of drug-likeness (QED) is 0.305. The molecule has 0 saturated carbocycles. The van der Waals surface area contributed by atoms with Gasteiger partial charge in [-0.1, -0.05) is 12.1 Å². The normalized spacial score (nSPS) is 15.0. The Balaban J connectivity index is 1.42. The number of rotatable bonds is 7. The average Bonchev–Trinajstić information content (AvgIpc) is 3.51. The third kappa shape index (κ3) is 4.61. The summed E-state index contributed by atoms with van der Waals surface area (Å²) in [7, 11) is -4.23. The summed E-state index contributed by atoms with van der Waals surface area (Å²) in [6.07, 6.45) is 2.26. The van der Waals surface area contributed by atoms with Gasteiger partial charge in [-0.3, -0.25) is 4.79 Å². The molecule has 0 aliphatic heterocycles. The minimum Gasteiger partial charge on any atom is -0.478 e. The molecule has 1 atom stereocenters. The number of carboxylic acid groups (broad SMARTS) is 1. The van der Waals surface area contributed by atoms with Crippen LogP contribution in [0.15, 0.2) is 53.7 Å². The zero-order valence-corrected chi connectivity index (χ0v) is 20.7. The van der Waals surface area contributed by atoms with Gasteiger partial charge in [0.2, 0.25) is 0 Å². The van der Waals surface area contributed by atoms with E-state index in [2.05, 4.69) is 20.1 Å². The van der Waals surface area contributed by atoms with E-state index in [-0.39, 0.29) is 28.5 Å². The fraction of sp³-hybridized carbons (Fsp3) is 0.200. The molecule has 2 aromatic heterocycles. The Bertz CT molecular complexity index is 1720. The molecule has 1 amide bonds. The molecular formula is C25H21F2N5O5S. The summed E-state index contributed by atoms with van der Waals surface area (Å²) in [6, 6.07) is 8.17. The Morgan fingerprint density at radius 2 is 1.92 bits per heavy atom. The van der Waals surface area contributed by atoms with Crippen LogP contribution in [0.4, 0.5) is 8.78 Å². The van der Waals surface area contributed by atoms with E-state index in [1.165, 1.54) is 24.4 Å². The molecule has 1 aliphatic carbocycles. The zero-order chi connectivity index (χ0) is 27.2. The lowest BCUT2D eigenvalue weighted by Gasteiger charge is -2.16. The summed E-state index contributed by atoms with van der Waals surface area (Å²) in [6.45, 7) is 1.56. The second-order valence-corrected chi connectivity index (χ2v) is 10.5. The number of carbonyl (C=O) groups is 2. The number of benzene rings is 2. The molecule has 2 aromatic carbocycles. The first-order valence-electron chi connectivity index (χ1n) is 11.5. The summed E-state index contributed by atoms with van der Waals surface area (Å²) < 4.78 is 57.4. The molecule has 5 rings (SSSR count). The van der Waals surface area contributed by atoms with Crippen LogP contribution in [0.3, 0.4) is 0 Å². The number of nitrogens with zero attached hydrogens (tertiary/aromatic N) is 3. The van der Waals surface area contributed by atoms with Crippen molar-refractivity contribution in [2.45, 2.75) is 37.4 Å². The van der Waals surface area contributed by atoms with Crippen LogP contribution >= 0.6 is 0 Å². The van der Waals surface area contributed by atoms with Gasteiger partial charge in [-0.15, -0.1) is 0 Å². The number of halogens is 2. The van der Waals surface area contributed by atoms with E-state index in [4.69, 9.17) is 0 Å². The number of nitrogens with one attached hydrogen (secondary N) is 2. The van der Waals surface area contributed by atoms with Crippen molar-refractivity contribution in [3.63, 3.8) is 0 Å². The first-order chi connectivity index (χ1) is 18.0. The highest BCUT2D eigenvalue weighted by Gasteiger charge is 2.32. The fourth-order valence-electron chi connectivity index (χ4n) is 4.60. The van der Waals surface area contributed by atoms with Crippen molar-refractivity contribution in [1.29, 1.82) is 0 Å². The molecule has 1 unspecified atom stereocenters. The molecular weight excluding hydrogens is 520 g/mol. The third-order valence-corrected chi connectivity index (χ3v) is 7.93. The van der Waals surface area contributed by atoms with Gasteiger partial charge in [0, 0.05) is 24.7 Å². The molecule has 4 aromatic rings. The van der Waals surface area contributed by atoms with Gasteiger partial charge < -0.3 is 10.4 Å². The number of amides is 1. The molecule has 13 heteroatoms. The van der Waals surface area contributed by atoms with Gasteiger partial charge in [0.1, 0.15) is 5.69 Å². The van der Waals surface area contributed by atoms with Gasteiger partial charge in [-0.05, 0) is 60.2 Å². The highest BCUT2D eigenvalue weighted by molar-refractivity contribution is 7.89. The zero-order valence-electron chi connectivity index (χ0n) is 19.9. The Morgan fingerprint density at radius 1 is 1.13 bits per heavy atom. The number of fused-ring (bicyclic) bond motifs is 2. The van der Waals surface area contributed by atoms with E-state index in [0.29, 0.717) is 29.5 Å². The van der Waals surface area contributed by atoms with Gasteiger partial charge in [0.25, 0.3) is 15.9 Å². The maximum atomic E-state index is 13.5. The van der Waals surface area contributed by atoms with Crippen LogP contribution in [0.2, 0.25) is 0 Å². The number of hydrogen-bond donors (Lipinski definition) is 3. The van der Waals surface area contributed by atoms with Crippen molar-refractivity contribution in [1.82, 2.24) is 24.6 Å². The molecule has 0 saturated heterocycles. The number of aromatic nitrogens is 3. The van der Waals surface area contributed by atoms with Crippen molar-refractivity contribution < 1.29 is 31.9 Å². The molecule has 10 nitrogen and oxygen atoms in total. The van der Waals surface area contributed by atoms with Gasteiger partial charge in [0.05, 0.1) is 11.8 Å². The Hall–Kier alpha value is -4.23. The van der Waals surface area contributed by atoms with Gasteiger partial charge >= 0.3 is 5.97 Å². The Labute approximate surface area is 215 Å². The second-order valence-electron chi connectivity index (χ2n) is 8.84. The van der Waals surface area contributed by atoms with Crippen LogP contribution < -0.4 is 10.0 Å². The summed E-state index contributed by atoms with van der Waals surface area (Å²) in [5, 5.41) is 15.6. The molecule has 0 fully saturated rings. The predicted molar refractivity (Wildman–Crippen MR) is 130 cm³/mol. The molecule has 2 heterocycles. The summed E-state index contributed by atoms with van der Waals surface area (Å²) in [5.41, 5.74) is 2.43. The smallest absolute Gasteiger partial charge is 0.335 e. The maximum absolute atomic E-state index is 13.5. The minimum atomic E-state index is -4.23. The van der Waals surface area contributed by atoms with Crippen molar-refractivity contribution in [3.05, 3.63) is 93.8 Å². The largest absolute Gasteiger partial charge is 0.478 e. The number of aromatic carboxylic acids is 1. The van der Waals surface area contributed by atoms with E-state index >= 15 is 0 Å². The molecule has 1 aliphatic rings. The van der Waals surface area contributed by atoms with Crippen LogP contribution in [-0.2, 0) is 23.0 Å². The number of hydrogen-bond acceptors (Lipinski definition) is 6. The number of carbonyl (C=O) groups excluding carboxylic acids is 1. The van der Waals surface area contributed by atoms with E-state index in [1.807, 2.05) is 0 Å². The monoisotopic (exact) mass is 541 g/mol. The average molecular weight is 542 g/mol. The minimum absolute atomic E-state index is 0.111. The SMILES string of the molecule is Cc1c(C(=O)O)ccc2c1CCC2NS(=O)(=O)c1cc(C(=O)NCc2ccc(F)c(F)c2)nc2ccnn12. The fourth-order valence-corrected chi connectivity index (χ4v) is 5.97. The van der Waals surface area contributed by atoms with Crippen molar-refractivity contribution in [2.24, 2.45) is 0 Å². The van der Waals surface area contributed by atoms with Gasteiger partial charge in [-0.25, -0.2) is 36.2 Å². The van der Waals surface area contributed by atoms with E-state index in [0.717, 1.165) is 28.3 Å². The molecule has 3 N–H and O–H groups in total. The maximum Gasteiger partial charge on any atom is 0.335 e. The molecule has 0 bridgehead atoms. The molecule has 38 heavy (non-hydrogen) atoms. The van der Waals surface area contributed by atoms with Gasteiger partial charge in [-0.2, -0.15) is 5.10 Å². The molecule has 0 spiro atoms. The highest BCUT2D eigenvalue weighted by Crippen LogP contribution is 2.35. The van der Waals surface area contributed by atoms with Crippen molar-refractivity contribution in [2.75, 3.05) is 0 Å². The van der Waals surface area contributed by atoms with E-state index in [9.17, 15) is 31.9 Å². The topological polar surface area (TPSA) is 143 Å². The Kier molecular flexibility index (Phi) is 6.41. The van der Waals surface area contributed by atoms with Crippen LogP contribution in [0, 0.1) is 18.6 Å². The third-order valence-electron chi connectivity index (χ3n) is 6.49. The predicted octanol–water partition coefficient (Wildman–Crippen LogP) is 2.91. The van der Waals surface area contributed by atoms with Crippen LogP contribution in [0.1, 0.15) is 55.6 Å². The standard InChI is InChI=1S/C25H21F2N5O5S/c1-13-15-5-7-20(17(15)4-3-16(13)25(34)35)31-38(36,37)23-11-21(30-22-8-9-29-32(22)23)24(33)28-12-14-2-6-18(26)19(27)10-14/h2-4,6,8-11,20,31H,5,7,12H2,1H3,(H,28,33)(H,34,35). The number of sulfonamides is 1. The summed E-state index contributed by atoms with van der Waals surface area (Å²) in [5.74, 6) is -3.85. The van der Waals surface area contributed by atoms with Crippen molar-refractivity contribution in [3.8, 4) is 0 Å². The van der Waals surface area contributed by atoms with E-state index in [1.54, 1.807) is 13.0 Å². The van der Waals surface area contributed by atoms with Gasteiger partial charge in [0.15, 0.2) is 22.3 Å². The Morgan fingerprint density at radius 3 is 2.66 bits per heavy atom. The highest BCUT2D eigenvalue weighted by atomic mass is 32.2. The lowest BCUT2D eigenvalue weighted by atomic mass is 9.98. The number of carboxylic acids is 1.